The second-order valence-corrected chi connectivity index (χ2v) is 5.22. The molecule has 0 heterocycles. The smallest absolute Gasteiger partial charge is 0.227 e. The Bertz CT molecular complexity index is 641. The van der Waals surface area contributed by atoms with Gasteiger partial charge in [-0.2, -0.15) is 0 Å². The maximum absolute atomic E-state index is 11.9. The van der Waals surface area contributed by atoms with Gasteiger partial charge in [-0.3, -0.25) is 4.79 Å². The lowest BCUT2D eigenvalue weighted by Crippen LogP contribution is -2.15. The fraction of sp³-hybridized carbons (Fsp3) is 0.235. The number of anilines is 1. The van der Waals surface area contributed by atoms with Crippen LogP contribution in [0.25, 0.3) is 0 Å². The summed E-state index contributed by atoms with van der Waals surface area (Å²) in [7, 11) is 1.54. The third kappa shape index (κ3) is 4.67. The fourth-order valence-electron chi connectivity index (χ4n) is 1.86. The Balaban J connectivity index is 1.80. The maximum atomic E-state index is 11.9. The minimum atomic E-state index is -0.131. The molecule has 1 N–H and O–H groups in total. The minimum absolute atomic E-state index is 0.131. The van der Waals surface area contributed by atoms with E-state index in [1.165, 1.54) is 5.56 Å². The first-order valence-corrected chi connectivity index (χ1v) is 7.29. The van der Waals surface area contributed by atoms with Crippen molar-refractivity contribution in [3.05, 3.63) is 53.1 Å². The Hall–Kier alpha value is -2.20. The highest BCUT2D eigenvalue weighted by Gasteiger charge is 2.06. The number of hydrogen-bond donors (Lipinski definition) is 1. The van der Waals surface area contributed by atoms with Gasteiger partial charge in [0.1, 0.15) is 11.5 Å². The van der Waals surface area contributed by atoms with Crippen molar-refractivity contribution in [2.24, 2.45) is 0 Å². The number of rotatable bonds is 6. The van der Waals surface area contributed by atoms with Gasteiger partial charge in [0.2, 0.25) is 5.91 Å². The van der Waals surface area contributed by atoms with Gasteiger partial charge < -0.3 is 14.8 Å². The molecule has 5 heteroatoms. The van der Waals surface area contributed by atoms with E-state index >= 15 is 0 Å². The van der Waals surface area contributed by atoms with Gasteiger partial charge in [-0.1, -0.05) is 29.3 Å². The Morgan fingerprint density at radius 3 is 2.55 bits per heavy atom. The molecular formula is C17H18ClNO3. The molecular weight excluding hydrogens is 302 g/mol. The highest BCUT2D eigenvalue weighted by Crippen LogP contribution is 2.27. The summed E-state index contributed by atoms with van der Waals surface area (Å²) in [4.78, 5) is 11.9. The zero-order chi connectivity index (χ0) is 15.9. The molecule has 0 aliphatic rings. The molecule has 0 saturated heterocycles. The van der Waals surface area contributed by atoms with E-state index in [4.69, 9.17) is 21.1 Å². The Morgan fingerprint density at radius 1 is 1.18 bits per heavy atom. The van der Waals surface area contributed by atoms with Crippen LogP contribution in [0.2, 0.25) is 5.02 Å². The Kier molecular flexibility index (Phi) is 5.67. The van der Waals surface area contributed by atoms with Gasteiger partial charge in [-0.15, -0.1) is 0 Å². The summed E-state index contributed by atoms with van der Waals surface area (Å²) in [6.45, 7) is 2.33. The van der Waals surface area contributed by atoms with Crippen LogP contribution in [0, 0.1) is 6.92 Å². The van der Waals surface area contributed by atoms with Gasteiger partial charge in [0.25, 0.3) is 0 Å². The molecule has 2 aromatic carbocycles. The van der Waals surface area contributed by atoms with Crippen molar-refractivity contribution < 1.29 is 14.3 Å². The molecule has 0 radical (unpaired) electrons. The van der Waals surface area contributed by atoms with E-state index in [1.54, 1.807) is 25.3 Å². The van der Waals surface area contributed by atoms with Crippen LogP contribution in [-0.4, -0.2) is 19.6 Å². The van der Waals surface area contributed by atoms with Crippen molar-refractivity contribution in [3.8, 4) is 11.5 Å². The lowest BCUT2D eigenvalue weighted by atomic mass is 10.2. The van der Waals surface area contributed by atoms with Crippen LogP contribution >= 0.6 is 11.6 Å². The van der Waals surface area contributed by atoms with Crippen molar-refractivity contribution in [1.82, 2.24) is 0 Å². The number of methoxy groups -OCH3 is 1. The normalized spacial score (nSPS) is 10.1. The molecule has 2 rings (SSSR count). The molecule has 0 aromatic heterocycles. The molecule has 0 aliphatic carbocycles. The van der Waals surface area contributed by atoms with E-state index in [9.17, 15) is 4.79 Å². The molecule has 116 valence electrons. The van der Waals surface area contributed by atoms with Crippen molar-refractivity contribution >= 4 is 23.2 Å². The number of hydrogen-bond acceptors (Lipinski definition) is 3. The van der Waals surface area contributed by atoms with Crippen LogP contribution in [0.1, 0.15) is 12.0 Å². The first kappa shape index (κ1) is 16.2. The number of carbonyl (C=O) groups is 1. The maximum Gasteiger partial charge on any atom is 0.227 e. The highest BCUT2D eigenvalue weighted by molar-refractivity contribution is 6.32. The quantitative estimate of drug-likeness (QED) is 0.873. The van der Waals surface area contributed by atoms with Gasteiger partial charge in [-0.25, -0.2) is 0 Å². The molecule has 0 fully saturated rings. The second kappa shape index (κ2) is 7.71. The predicted octanol–water partition coefficient (Wildman–Crippen LogP) is 4.06. The molecule has 0 spiro atoms. The highest BCUT2D eigenvalue weighted by atomic mass is 35.5. The van der Waals surface area contributed by atoms with Gasteiger partial charge >= 0.3 is 0 Å². The molecule has 0 saturated carbocycles. The molecule has 0 aliphatic heterocycles. The molecule has 0 bridgehead atoms. The molecule has 0 unspecified atom stereocenters. The van der Waals surface area contributed by atoms with Crippen LogP contribution in [0.4, 0.5) is 5.69 Å². The zero-order valence-electron chi connectivity index (χ0n) is 12.6. The van der Waals surface area contributed by atoms with E-state index in [-0.39, 0.29) is 12.3 Å². The Labute approximate surface area is 135 Å². The number of amides is 1. The van der Waals surface area contributed by atoms with Crippen molar-refractivity contribution in [3.63, 3.8) is 0 Å². The second-order valence-electron chi connectivity index (χ2n) is 4.81. The third-order valence-electron chi connectivity index (χ3n) is 3.05. The van der Waals surface area contributed by atoms with Crippen molar-refractivity contribution in [2.45, 2.75) is 13.3 Å². The number of benzene rings is 2. The summed E-state index contributed by atoms with van der Waals surface area (Å²) < 4.78 is 10.6. The first-order valence-electron chi connectivity index (χ1n) is 6.91. The third-order valence-corrected chi connectivity index (χ3v) is 3.35. The average Bonchev–Trinajstić information content (AvgIpc) is 2.49. The summed E-state index contributed by atoms with van der Waals surface area (Å²) >= 11 is 6.01. The largest absolute Gasteiger partial charge is 0.495 e. The summed E-state index contributed by atoms with van der Waals surface area (Å²) in [5, 5.41) is 3.23. The monoisotopic (exact) mass is 319 g/mol. The molecule has 2 aromatic rings. The zero-order valence-corrected chi connectivity index (χ0v) is 13.3. The standard InChI is InChI=1S/C17H18ClNO3/c1-12-3-6-14(7-4-12)22-10-9-17(20)19-13-5-8-16(21-2)15(18)11-13/h3-8,11H,9-10H2,1-2H3,(H,19,20). The summed E-state index contributed by atoms with van der Waals surface area (Å²) in [5.74, 6) is 1.20. The summed E-state index contributed by atoms with van der Waals surface area (Å²) in [6, 6.07) is 12.8. The average molecular weight is 320 g/mol. The minimum Gasteiger partial charge on any atom is -0.495 e. The molecule has 22 heavy (non-hydrogen) atoms. The topological polar surface area (TPSA) is 47.6 Å². The SMILES string of the molecule is COc1ccc(NC(=O)CCOc2ccc(C)cc2)cc1Cl. The van der Waals surface area contributed by atoms with E-state index in [1.807, 2.05) is 31.2 Å². The van der Waals surface area contributed by atoms with Crippen LogP contribution < -0.4 is 14.8 Å². The van der Waals surface area contributed by atoms with E-state index in [0.717, 1.165) is 5.75 Å². The molecule has 1 amide bonds. The predicted molar refractivity (Wildman–Crippen MR) is 87.9 cm³/mol. The van der Waals surface area contributed by atoms with Crippen molar-refractivity contribution in [2.75, 3.05) is 19.0 Å². The van der Waals surface area contributed by atoms with E-state index in [0.29, 0.717) is 23.1 Å². The number of carbonyl (C=O) groups excluding carboxylic acids is 1. The van der Waals surface area contributed by atoms with Gasteiger partial charge in [0.15, 0.2) is 0 Å². The van der Waals surface area contributed by atoms with Crippen LogP contribution in [0.15, 0.2) is 42.5 Å². The van der Waals surface area contributed by atoms with Crippen molar-refractivity contribution in [1.29, 1.82) is 0 Å². The van der Waals surface area contributed by atoms with Gasteiger partial charge in [0, 0.05) is 5.69 Å². The summed E-state index contributed by atoms with van der Waals surface area (Å²) in [6.07, 6.45) is 0.261. The van der Waals surface area contributed by atoms with E-state index in [2.05, 4.69) is 5.32 Å². The number of halogens is 1. The number of aryl methyl sites for hydroxylation is 1. The lowest BCUT2D eigenvalue weighted by molar-refractivity contribution is -0.116. The lowest BCUT2D eigenvalue weighted by Gasteiger charge is -2.09. The first-order chi connectivity index (χ1) is 10.6. The Morgan fingerprint density at radius 2 is 1.91 bits per heavy atom. The molecule has 0 atom stereocenters. The van der Waals surface area contributed by atoms with E-state index < -0.39 is 0 Å². The van der Waals surface area contributed by atoms with Crippen LogP contribution in [0.5, 0.6) is 11.5 Å². The van der Waals surface area contributed by atoms with Gasteiger partial charge in [0.05, 0.1) is 25.2 Å². The van der Waals surface area contributed by atoms with Gasteiger partial charge in [-0.05, 0) is 37.3 Å². The fourth-order valence-corrected chi connectivity index (χ4v) is 2.12. The number of nitrogens with one attached hydrogen (secondary N) is 1. The molecule has 4 nitrogen and oxygen atoms in total. The van der Waals surface area contributed by atoms with Crippen LogP contribution in [-0.2, 0) is 4.79 Å². The number of ether oxygens (including phenoxy) is 2. The summed E-state index contributed by atoms with van der Waals surface area (Å²) in [5.41, 5.74) is 1.80. The van der Waals surface area contributed by atoms with Crippen LogP contribution in [0.3, 0.4) is 0 Å².